The van der Waals surface area contributed by atoms with E-state index in [1.165, 1.54) is 5.56 Å². The summed E-state index contributed by atoms with van der Waals surface area (Å²) in [5.41, 5.74) is 3.60. The van der Waals surface area contributed by atoms with Gasteiger partial charge in [-0.2, -0.15) is 5.26 Å². The molecule has 0 unspecified atom stereocenters. The van der Waals surface area contributed by atoms with Gasteiger partial charge in [0, 0.05) is 5.69 Å². The molecule has 1 N–H and O–H groups in total. The normalized spacial score (nSPS) is 9.91. The lowest BCUT2D eigenvalue weighted by atomic mass is 9.98. The van der Waals surface area contributed by atoms with Crippen LogP contribution in [-0.4, -0.2) is 19.1 Å². The van der Waals surface area contributed by atoms with Gasteiger partial charge in [0.2, 0.25) is 0 Å². The fourth-order valence-corrected chi connectivity index (χ4v) is 2.42. The zero-order chi connectivity index (χ0) is 16.5. The topological polar surface area (TPSA) is 62.1 Å². The highest BCUT2D eigenvalue weighted by atomic mass is 16.5. The molecule has 0 heterocycles. The highest BCUT2D eigenvalue weighted by Crippen LogP contribution is 2.22. The summed E-state index contributed by atoms with van der Waals surface area (Å²) in [6, 6.07) is 17.9. The van der Waals surface area contributed by atoms with Crippen LogP contribution >= 0.6 is 0 Å². The molecule has 4 nitrogen and oxygen atoms in total. The Labute approximate surface area is 136 Å². The zero-order valence-corrected chi connectivity index (χ0v) is 13.2. The van der Waals surface area contributed by atoms with E-state index < -0.39 is 0 Å². The lowest BCUT2D eigenvalue weighted by Crippen LogP contribution is -2.17. The van der Waals surface area contributed by atoms with E-state index in [1.807, 2.05) is 30.3 Å². The first-order valence-electron chi connectivity index (χ1n) is 7.70. The fourth-order valence-electron chi connectivity index (χ4n) is 2.42. The van der Waals surface area contributed by atoms with E-state index in [9.17, 15) is 10.1 Å². The summed E-state index contributed by atoms with van der Waals surface area (Å²) < 4.78 is 4.92. The van der Waals surface area contributed by atoms with Crippen LogP contribution < -0.4 is 5.32 Å². The number of hydrogen-bond acceptors (Lipinski definition) is 4. The van der Waals surface area contributed by atoms with Crippen LogP contribution in [0.25, 0.3) is 0 Å². The van der Waals surface area contributed by atoms with E-state index in [0.717, 1.165) is 24.1 Å². The lowest BCUT2D eigenvalue weighted by Gasteiger charge is -2.13. The van der Waals surface area contributed by atoms with E-state index >= 15 is 0 Å². The maximum absolute atomic E-state index is 11.5. The number of nitrogens with zero attached hydrogens (tertiary/aromatic N) is 1. The summed E-state index contributed by atoms with van der Waals surface area (Å²) in [6.45, 7) is 2.24. The van der Waals surface area contributed by atoms with Gasteiger partial charge in [0.05, 0.1) is 18.2 Å². The van der Waals surface area contributed by atoms with Crippen molar-refractivity contribution in [1.29, 1.82) is 5.26 Å². The largest absolute Gasteiger partial charge is 0.465 e. The van der Waals surface area contributed by atoms with Gasteiger partial charge in [-0.3, -0.25) is 4.79 Å². The molecule has 0 spiro atoms. The Hall–Kier alpha value is -2.80. The lowest BCUT2D eigenvalue weighted by molar-refractivity contribution is -0.140. The molecular weight excluding hydrogens is 288 g/mol. The van der Waals surface area contributed by atoms with Crippen LogP contribution in [0.1, 0.15) is 23.6 Å². The quantitative estimate of drug-likeness (QED) is 0.797. The van der Waals surface area contributed by atoms with Crippen molar-refractivity contribution in [2.45, 2.75) is 19.8 Å². The maximum Gasteiger partial charge on any atom is 0.325 e. The maximum atomic E-state index is 11.5. The first-order chi connectivity index (χ1) is 11.2. The molecule has 2 rings (SSSR count). The second-order valence-electron chi connectivity index (χ2n) is 5.09. The van der Waals surface area contributed by atoms with E-state index in [4.69, 9.17) is 4.74 Å². The number of nitriles is 1. The highest BCUT2D eigenvalue weighted by Gasteiger charge is 2.10. The van der Waals surface area contributed by atoms with Crippen molar-refractivity contribution in [1.82, 2.24) is 0 Å². The Balaban J connectivity index is 2.12. The minimum atomic E-state index is -0.302. The molecule has 0 atom stereocenters. The van der Waals surface area contributed by atoms with Crippen LogP contribution in [0.3, 0.4) is 0 Å². The van der Waals surface area contributed by atoms with Gasteiger partial charge in [0.15, 0.2) is 0 Å². The Morgan fingerprint density at radius 1 is 1.13 bits per heavy atom. The zero-order valence-electron chi connectivity index (χ0n) is 13.2. The molecule has 0 saturated carbocycles. The molecule has 2 aromatic rings. The number of rotatable bonds is 7. The smallest absolute Gasteiger partial charge is 0.325 e. The summed E-state index contributed by atoms with van der Waals surface area (Å²) in [5, 5.41) is 12.4. The molecule has 0 fully saturated rings. The summed E-state index contributed by atoms with van der Waals surface area (Å²) >= 11 is 0. The van der Waals surface area contributed by atoms with Gasteiger partial charge in [-0.25, -0.2) is 0 Å². The van der Waals surface area contributed by atoms with Crippen LogP contribution in [0.4, 0.5) is 5.69 Å². The average Bonchev–Trinajstić information content (AvgIpc) is 2.59. The van der Waals surface area contributed by atoms with Crippen molar-refractivity contribution in [2.24, 2.45) is 0 Å². The van der Waals surface area contributed by atoms with Gasteiger partial charge in [-0.1, -0.05) is 36.4 Å². The molecule has 0 bridgehead atoms. The molecule has 23 heavy (non-hydrogen) atoms. The van der Waals surface area contributed by atoms with Crippen LogP contribution in [0.5, 0.6) is 0 Å². The standard InChI is InChI=1S/C19H20N2O2/c1-2-23-19(22)14-21-18-10-6-9-16(13-20)17(18)12-11-15-7-4-3-5-8-15/h3-10,21H,2,11-12,14H2,1H3. The van der Waals surface area contributed by atoms with Crippen molar-refractivity contribution in [2.75, 3.05) is 18.5 Å². The van der Waals surface area contributed by atoms with E-state index in [1.54, 1.807) is 13.0 Å². The van der Waals surface area contributed by atoms with Gasteiger partial charge in [-0.05, 0) is 43.0 Å². The number of carbonyl (C=O) groups is 1. The van der Waals surface area contributed by atoms with Crippen LogP contribution in [-0.2, 0) is 22.4 Å². The van der Waals surface area contributed by atoms with Crippen LogP contribution in [0.15, 0.2) is 48.5 Å². The number of aryl methyl sites for hydroxylation is 1. The molecule has 0 radical (unpaired) electrons. The molecule has 0 aromatic heterocycles. The molecule has 0 aliphatic rings. The number of ether oxygens (including phenoxy) is 1. The predicted octanol–water partition coefficient (Wildman–Crippen LogP) is 3.32. The van der Waals surface area contributed by atoms with Crippen molar-refractivity contribution in [3.8, 4) is 6.07 Å². The molecule has 0 aliphatic heterocycles. The van der Waals surface area contributed by atoms with Crippen LogP contribution in [0, 0.1) is 11.3 Å². The Kier molecular flexibility index (Phi) is 6.19. The Morgan fingerprint density at radius 2 is 1.91 bits per heavy atom. The number of esters is 1. The number of nitrogens with one attached hydrogen (secondary N) is 1. The fraction of sp³-hybridized carbons (Fsp3) is 0.263. The minimum Gasteiger partial charge on any atom is -0.465 e. The van der Waals surface area contributed by atoms with Crippen molar-refractivity contribution < 1.29 is 9.53 Å². The second kappa shape index (κ2) is 8.60. The van der Waals surface area contributed by atoms with Gasteiger partial charge >= 0.3 is 5.97 Å². The molecule has 118 valence electrons. The third-order valence-electron chi connectivity index (χ3n) is 3.53. The first-order valence-corrected chi connectivity index (χ1v) is 7.70. The summed E-state index contributed by atoms with van der Waals surface area (Å²) in [7, 11) is 0. The van der Waals surface area contributed by atoms with Crippen LogP contribution in [0.2, 0.25) is 0 Å². The molecule has 2 aromatic carbocycles. The molecule has 4 heteroatoms. The molecular formula is C19H20N2O2. The van der Waals surface area contributed by atoms with E-state index in [2.05, 4.69) is 23.5 Å². The predicted molar refractivity (Wildman–Crippen MR) is 90.1 cm³/mol. The van der Waals surface area contributed by atoms with Crippen molar-refractivity contribution in [3.05, 3.63) is 65.2 Å². The van der Waals surface area contributed by atoms with E-state index in [-0.39, 0.29) is 12.5 Å². The minimum absolute atomic E-state index is 0.0983. The van der Waals surface area contributed by atoms with Gasteiger partial charge < -0.3 is 10.1 Å². The molecule has 0 aliphatic carbocycles. The third-order valence-corrected chi connectivity index (χ3v) is 3.53. The highest BCUT2D eigenvalue weighted by molar-refractivity contribution is 5.75. The number of anilines is 1. The van der Waals surface area contributed by atoms with Gasteiger partial charge in [0.25, 0.3) is 0 Å². The monoisotopic (exact) mass is 308 g/mol. The Bertz CT molecular complexity index is 690. The first kappa shape index (κ1) is 16.6. The third kappa shape index (κ3) is 4.86. The van der Waals surface area contributed by atoms with Gasteiger partial charge in [-0.15, -0.1) is 0 Å². The van der Waals surface area contributed by atoms with E-state index in [0.29, 0.717) is 12.2 Å². The van der Waals surface area contributed by atoms with Crippen molar-refractivity contribution in [3.63, 3.8) is 0 Å². The average molecular weight is 308 g/mol. The number of hydrogen-bond donors (Lipinski definition) is 1. The number of carbonyl (C=O) groups excluding carboxylic acids is 1. The molecule has 0 saturated heterocycles. The number of benzene rings is 2. The van der Waals surface area contributed by atoms with Gasteiger partial charge in [0.1, 0.15) is 6.54 Å². The second-order valence-corrected chi connectivity index (χ2v) is 5.09. The molecule has 0 amide bonds. The van der Waals surface area contributed by atoms with Crippen molar-refractivity contribution >= 4 is 11.7 Å². The summed E-state index contributed by atoms with van der Waals surface area (Å²) in [6.07, 6.45) is 1.58. The summed E-state index contributed by atoms with van der Waals surface area (Å²) in [4.78, 5) is 11.5. The SMILES string of the molecule is CCOC(=O)CNc1cccc(C#N)c1CCc1ccccc1. The Morgan fingerprint density at radius 3 is 2.61 bits per heavy atom. The summed E-state index contributed by atoms with van der Waals surface area (Å²) in [5.74, 6) is -0.302.